The van der Waals surface area contributed by atoms with Gasteiger partial charge in [-0.05, 0) is 26.0 Å². The fourth-order valence-electron chi connectivity index (χ4n) is 0.932. The minimum absolute atomic E-state index is 0.595. The summed E-state index contributed by atoms with van der Waals surface area (Å²) in [5.74, 6) is -0.872. The van der Waals surface area contributed by atoms with Gasteiger partial charge in [0.2, 0.25) is 0 Å². The van der Waals surface area contributed by atoms with Gasteiger partial charge < -0.3 is 10.4 Å². The molecule has 4 heteroatoms. The number of nitrogens with one attached hydrogen (secondary N) is 1. The molecule has 1 rings (SSSR count). The molecule has 0 aliphatic heterocycles. The second kappa shape index (κ2) is 3.89. The van der Waals surface area contributed by atoms with Crippen LogP contribution >= 0.6 is 0 Å². The van der Waals surface area contributed by atoms with E-state index in [4.69, 9.17) is 5.11 Å². The standard InChI is InChI=1S/C9H12N2O2/c1-6-8(4-3-5-10-6)11-7(2)9(12)13/h3-5,7,11H,1-2H3,(H,12,13). The van der Waals surface area contributed by atoms with Crippen molar-refractivity contribution in [3.05, 3.63) is 24.0 Å². The molecule has 0 aliphatic carbocycles. The number of aryl methyl sites for hydroxylation is 1. The Morgan fingerprint density at radius 2 is 2.38 bits per heavy atom. The number of aromatic nitrogens is 1. The third-order valence-electron chi connectivity index (χ3n) is 1.75. The molecule has 1 aromatic heterocycles. The molecule has 0 radical (unpaired) electrons. The normalized spacial score (nSPS) is 12.2. The lowest BCUT2D eigenvalue weighted by Crippen LogP contribution is -2.25. The first-order chi connectivity index (χ1) is 6.11. The molecule has 2 N–H and O–H groups in total. The van der Waals surface area contributed by atoms with Gasteiger partial charge >= 0.3 is 5.97 Å². The van der Waals surface area contributed by atoms with Gasteiger partial charge in [-0.15, -0.1) is 0 Å². The minimum Gasteiger partial charge on any atom is -0.480 e. The van der Waals surface area contributed by atoms with E-state index < -0.39 is 12.0 Å². The summed E-state index contributed by atoms with van der Waals surface area (Å²) in [5.41, 5.74) is 1.56. The first-order valence-corrected chi connectivity index (χ1v) is 4.02. The first kappa shape index (κ1) is 9.51. The Balaban J connectivity index is 2.74. The molecule has 4 nitrogen and oxygen atoms in total. The Morgan fingerprint density at radius 1 is 1.69 bits per heavy atom. The topological polar surface area (TPSA) is 62.2 Å². The molecule has 0 fully saturated rings. The van der Waals surface area contributed by atoms with Gasteiger partial charge in [0, 0.05) is 6.20 Å². The van der Waals surface area contributed by atoms with Gasteiger partial charge in [0.05, 0.1) is 11.4 Å². The molecule has 1 heterocycles. The Kier molecular flexibility index (Phi) is 2.84. The molecule has 0 bridgehead atoms. The fourth-order valence-corrected chi connectivity index (χ4v) is 0.932. The molecule has 0 saturated heterocycles. The molecule has 70 valence electrons. The van der Waals surface area contributed by atoms with Gasteiger partial charge in [0.1, 0.15) is 6.04 Å². The highest BCUT2D eigenvalue weighted by molar-refractivity contribution is 5.76. The van der Waals surface area contributed by atoms with Gasteiger partial charge in [-0.2, -0.15) is 0 Å². The molecular formula is C9H12N2O2. The van der Waals surface area contributed by atoms with Crippen molar-refractivity contribution in [1.29, 1.82) is 0 Å². The van der Waals surface area contributed by atoms with Crippen molar-refractivity contribution in [3.63, 3.8) is 0 Å². The number of carboxylic acids is 1. The second-order valence-corrected chi connectivity index (χ2v) is 2.84. The lowest BCUT2D eigenvalue weighted by Gasteiger charge is -2.11. The number of hydrogen-bond donors (Lipinski definition) is 2. The third kappa shape index (κ3) is 2.43. The third-order valence-corrected chi connectivity index (χ3v) is 1.75. The van der Waals surface area contributed by atoms with Gasteiger partial charge in [-0.25, -0.2) is 0 Å². The van der Waals surface area contributed by atoms with E-state index in [2.05, 4.69) is 10.3 Å². The van der Waals surface area contributed by atoms with Crippen LogP contribution in [0.3, 0.4) is 0 Å². The van der Waals surface area contributed by atoms with Crippen LogP contribution in [0.25, 0.3) is 0 Å². The molecule has 0 spiro atoms. The van der Waals surface area contributed by atoms with Crippen LogP contribution in [0.4, 0.5) is 5.69 Å². The molecular weight excluding hydrogens is 168 g/mol. The summed E-state index contributed by atoms with van der Waals surface area (Å²) in [6.07, 6.45) is 1.67. The average molecular weight is 180 g/mol. The van der Waals surface area contributed by atoms with Crippen LogP contribution in [-0.4, -0.2) is 22.1 Å². The SMILES string of the molecule is Cc1ncccc1NC(C)C(=O)O. The molecule has 1 atom stereocenters. The summed E-state index contributed by atoms with van der Waals surface area (Å²) >= 11 is 0. The van der Waals surface area contributed by atoms with E-state index in [0.717, 1.165) is 11.4 Å². The Morgan fingerprint density at radius 3 is 2.92 bits per heavy atom. The van der Waals surface area contributed by atoms with Crippen molar-refractivity contribution in [2.24, 2.45) is 0 Å². The highest BCUT2D eigenvalue weighted by Gasteiger charge is 2.10. The van der Waals surface area contributed by atoms with Gasteiger partial charge in [0.15, 0.2) is 0 Å². The van der Waals surface area contributed by atoms with Crippen LogP contribution in [0.5, 0.6) is 0 Å². The Hall–Kier alpha value is -1.58. The number of rotatable bonds is 3. The van der Waals surface area contributed by atoms with E-state index in [9.17, 15) is 4.79 Å². The first-order valence-electron chi connectivity index (χ1n) is 4.02. The Labute approximate surface area is 76.6 Å². The van der Waals surface area contributed by atoms with E-state index in [1.165, 1.54) is 0 Å². The maximum absolute atomic E-state index is 10.5. The van der Waals surface area contributed by atoms with Crippen LogP contribution in [-0.2, 0) is 4.79 Å². The zero-order chi connectivity index (χ0) is 9.84. The quantitative estimate of drug-likeness (QED) is 0.735. The lowest BCUT2D eigenvalue weighted by atomic mass is 10.2. The van der Waals surface area contributed by atoms with Crippen molar-refractivity contribution in [2.75, 3.05) is 5.32 Å². The predicted molar refractivity (Wildman–Crippen MR) is 49.7 cm³/mol. The summed E-state index contributed by atoms with van der Waals surface area (Å²) in [4.78, 5) is 14.6. The molecule has 0 saturated carbocycles. The molecule has 1 unspecified atom stereocenters. The smallest absolute Gasteiger partial charge is 0.325 e. The molecule has 1 aromatic rings. The maximum Gasteiger partial charge on any atom is 0.325 e. The van der Waals surface area contributed by atoms with E-state index in [-0.39, 0.29) is 0 Å². The van der Waals surface area contributed by atoms with E-state index >= 15 is 0 Å². The zero-order valence-corrected chi connectivity index (χ0v) is 7.61. The summed E-state index contributed by atoms with van der Waals surface area (Å²) < 4.78 is 0. The van der Waals surface area contributed by atoms with Gasteiger partial charge in [-0.1, -0.05) is 0 Å². The van der Waals surface area contributed by atoms with Crippen molar-refractivity contribution in [3.8, 4) is 0 Å². The predicted octanol–water partition coefficient (Wildman–Crippen LogP) is 1.28. The summed E-state index contributed by atoms with van der Waals surface area (Å²) in [6.45, 7) is 3.42. The average Bonchev–Trinajstić information content (AvgIpc) is 2.08. The number of carbonyl (C=O) groups is 1. The monoisotopic (exact) mass is 180 g/mol. The van der Waals surface area contributed by atoms with E-state index in [1.807, 2.05) is 13.0 Å². The van der Waals surface area contributed by atoms with Crippen molar-refractivity contribution in [2.45, 2.75) is 19.9 Å². The molecule has 0 amide bonds. The number of pyridine rings is 1. The minimum atomic E-state index is -0.872. The van der Waals surface area contributed by atoms with E-state index in [0.29, 0.717) is 0 Å². The fraction of sp³-hybridized carbons (Fsp3) is 0.333. The van der Waals surface area contributed by atoms with Gasteiger partial charge in [0.25, 0.3) is 0 Å². The maximum atomic E-state index is 10.5. The lowest BCUT2D eigenvalue weighted by molar-refractivity contribution is -0.137. The van der Waals surface area contributed by atoms with Crippen LogP contribution in [0.2, 0.25) is 0 Å². The zero-order valence-electron chi connectivity index (χ0n) is 7.61. The van der Waals surface area contributed by atoms with E-state index in [1.54, 1.807) is 19.2 Å². The number of nitrogens with zero attached hydrogens (tertiary/aromatic N) is 1. The van der Waals surface area contributed by atoms with Gasteiger partial charge in [-0.3, -0.25) is 9.78 Å². The van der Waals surface area contributed by atoms with Crippen molar-refractivity contribution >= 4 is 11.7 Å². The largest absolute Gasteiger partial charge is 0.480 e. The highest BCUT2D eigenvalue weighted by Crippen LogP contribution is 2.11. The summed E-state index contributed by atoms with van der Waals surface area (Å²) in [6, 6.07) is 2.98. The highest BCUT2D eigenvalue weighted by atomic mass is 16.4. The molecule has 0 aromatic carbocycles. The Bertz CT molecular complexity index is 312. The molecule has 13 heavy (non-hydrogen) atoms. The van der Waals surface area contributed by atoms with Crippen molar-refractivity contribution < 1.29 is 9.90 Å². The van der Waals surface area contributed by atoms with Crippen LogP contribution in [0.1, 0.15) is 12.6 Å². The molecule has 0 aliphatic rings. The van der Waals surface area contributed by atoms with Crippen LogP contribution in [0.15, 0.2) is 18.3 Å². The number of hydrogen-bond acceptors (Lipinski definition) is 3. The number of anilines is 1. The summed E-state index contributed by atoms with van der Waals surface area (Å²) in [5, 5.41) is 11.5. The van der Waals surface area contributed by atoms with Crippen LogP contribution in [0, 0.1) is 6.92 Å². The number of carboxylic acid groups (broad SMARTS) is 1. The number of aliphatic carboxylic acids is 1. The second-order valence-electron chi connectivity index (χ2n) is 2.84. The van der Waals surface area contributed by atoms with Crippen molar-refractivity contribution in [1.82, 2.24) is 4.98 Å². The summed E-state index contributed by atoms with van der Waals surface area (Å²) in [7, 11) is 0. The van der Waals surface area contributed by atoms with Crippen LogP contribution < -0.4 is 5.32 Å².